The number of carboxylic acid groups (broad SMARTS) is 1. The first-order chi connectivity index (χ1) is 19.8. The molecule has 1 aliphatic heterocycles. The standard InChI is InChI=1S/C37H63NO4/c1-26(2)16-13-17-27(3)18-14-19-28(4)20-15-24-37(8)25-23-32-31(7)35(29(5)30(6)36(32)42-37)38-33(39)21-11-9-10-12-22-34(40)41/h26-28H,9-25H2,1-8H3,(H,38,39)(H,40,41). The van der Waals surface area contributed by atoms with Gasteiger partial charge in [0.15, 0.2) is 0 Å². The van der Waals surface area contributed by atoms with Crippen molar-refractivity contribution in [3.05, 3.63) is 22.3 Å². The van der Waals surface area contributed by atoms with Crippen LogP contribution in [0.2, 0.25) is 0 Å². The number of rotatable bonds is 20. The third-order valence-electron chi connectivity index (χ3n) is 9.72. The second kappa shape index (κ2) is 17.9. The monoisotopic (exact) mass is 585 g/mol. The van der Waals surface area contributed by atoms with E-state index >= 15 is 0 Å². The lowest BCUT2D eigenvalue weighted by Crippen LogP contribution is -2.37. The molecule has 42 heavy (non-hydrogen) atoms. The van der Waals surface area contributed by atoms with Gasteiger partial charge in [0.25, 0.3) is 0 Å². The molecule has 1 aliphatic rings. The van der Waals surface area contributed by atoms with E-state index in [2.05, 4.69) is 60.7 Å². The van der Waals surface area contributed by atoms with E-state index in [0.29, 0.717) is 12.8 Å². The summed E-state index contributed by atoms with van der Waals surface area (Å²) in [6.07, 6.45) is 17.6. The van der Waals surface area contributed by atoms with Crippen molar-refractivity contribution in [3.63, 3.8) is 0 Å². The highest BCUT2D eigenvalue weighted by Gasteiger charge is 2.34. The Morgan fingerprint density at radius 1 is 0.786 bits per heavy atom. The first-order valence-corrected chi connectivity index (χ1v) is 17.2. The van der Waals surface area contributed by atoms with Crippen molar-refractivity contribution in [1.82, 2.24) is 0 Å². The lowest BCUT2D eigenvalue weighted by molar-refractivity contribution is -0.137. The molecule has 0 fully saturated rings. The van der Waals surface area contributed by atoms with Crippen LogP contribution >= 0.6 is 0 Å². The lowest BCUT2D eigenvalue weighted by Gasteiger charge is -2.38. The van der Waals surface area contributed by atoms with Gasteiger partial charge in [-0.05, 0) is 106 Å². The summed E-state index contributed by atoms with van der Waals surface area (Å²) in [6, 6.07) is 0. The Balaban J connectivity index is 1.82. The SMILES string of the molecule is Cc1c(C)c2c(c(C)c1NC(=O)CCCCCCC(=O)O)CCC(C)(CCCC(C)CCCC(C)CCCC(C)C)O2. The van der Waals surface area contributed by atoms with E-state index in [-0.39, 0.29) is 17.9 Å². The molecule has 0 spiro atoms. The van der Waals surface area contributed by atoms with Gasteiger partial charge in [0.05, 0.1) is 0 Å². The third kappa shape index (κ3) is 12.3. The maximum absolute atomic E-state index is 12.7. The van der Waals surface area contributed by atoms with Crippen LogP contribution in [0, 0.1) is 38.5 Å². The molecule has 0 saturated carbocycles. The molecule has 3 atom stereocenters. The molecular weight excluding hydrogens is 522 g/mol. The summed E-state index contributed by atoms with van der Waals surface area (Å²) in [5, 5.41) is 12.0. The number of hydrogen-bond acceptors (Lipinski definition) is 3. The molecule has 0 bridgehead atoms. The van der Waals surface area contributed by atoms with Crippen LogP contribution in [0.4, 0.5) is 5.69 Å². The first-order valence-electron chi connectivity index (χ1n) is 17.2. The maximum Gasteiger partial charge on any atom is 0.303 e. The summed E-state index contributed by atoms with van der Waals surface area (Å²) in [5.41, 5.74) is 5.43. The van der Waals surface area contributed by atoms with Crippen molar-refractivity contribution in [3.8, 4) is 5.75 Å². The Bertz CT molecular complexity index is 1000. The Labute approximate surface area is 258 Å². The zero-order chi connectivity index (χ0) is 31.3. The second-order valence-electron chi connectivity index (χ2n) is 14.3. The van der Waals surface area contributed by atoms with Crippen molar-refractivity contribution >= 4 is 17.6 Å². The Morgan fingerprint density at radius 2 is 1.36 bits per heavy atom. The zero-order valence-corrected chi connectivity index (χ0v) is 28.4. The fraction of sp³-hybridized carbons (Fsp3) is 0.784. The van der Waals surface area contributed by atoms with Crippen LogP contribution in [-0.4, -0.2) is 22.6 Å². The number of nitrogens with one attached hydrogen (secondary N) is 1. The zero-order valence-electron chi connectivity index (χ0n) is 28.4. The molecule has 3 unspecified atom stereocenters. The molecule has 1 amide bonds. The molecule has 240 valence electrons. The first kappa shape index (κ1) is 36.2. The summed E-state index contributed by atoms with van der Waals surface area (Å²) in [5.74, 6) is 2.78. The van der Waals surface area contributed by atoms with Gasteiger partial charge in [-0.3, -0.25) is 9.59 Å². The molecule has 5 heteroatoms. The van der Waals surface area contributed by atoms with Crippen LogP contribution in [0.25, 0.3) is 0 Å². The molecule has 0 aromatic heterocycles. The minimum absolute atomic E-state index is 0.0371. The summed E-state index contributed by atoms with van der Waals surface area (Å²) in [7, 11) is 0. The molecule has 1 aromatic carbocycles. The van der Waals surface area contributed by atoms with Gasteiger partial charge in [0, 0.05) is 18.5 Å². The van der Waals surface area contributed by atoms with Crippen molar-refractivity contribution in [2.75, 3.05) is 5.32 Å². The molecule has 1 aromatic rings. The van der Waals surface area contributed by atoms with Gasteiger partial charge in [-0.2, -0.15) is 0 Å². The number of aliphatic carboxylic acids is 1. The van der Waals surface area contributed by atoms with Crippen molar-refractivity contribution in [2.45, 2.75) is 170 Å². The summed E-state index contributed by atoms with van der Waals surface area (Å²) >= 11 is 0. The van der Waals surface area contributed by atoms with E-state index in [0.717, 1.165) is 84.4 Å². The number of benzene rings is 1. The van der Waals surface area contributed by atoms with Crippen LogP contribution in [0.5, 0.6) is 5.75 Å². The highest BCUT2D eigenvalue weighted by Crippen LogP contribution is 2.44. The predicted molar refractivity (Wildman–Crippen MR) is 177 cm³/mol. The maximum atomic E-state index is 12.7. The van der Waals surface area contributed by atoms with E-state index < -0.39 is 5.97 Å². The number of ether oxygens (including phenoxy) is 1. The Kier molecular flexibility index (Phi) is 15.4. The number of unbranched alkanes of at least 4 members (excludes halogenated alkanes) is 3. The van der Waals surface area contributed by atoms with Gasteiger partial charge < -0.3 is 15.2 Å². The van der Waals surface area contributed by atoms with Gasteiger partial charge in [-0.25, -0.2) is 0 Å². The van der Waals surface area contributed by atoms with Gasteiger partial charge in [0.2, 0.25) is 5.91 Å². The molecule has 5 nitrogen and oxygen atoms in total. The van der Waals surface area contributed by atoms with Gasteiger partial charge in [-0.15, -0.1) is 0 Å². The third-order valence-corrected chi connectivity index (χ3v) is 9.72. The van der Waals surface area contributed by atoms with Gasteiger partial charge in [0.1, 0.15) is 11.4 Å². The van der Waals surface area contributed by atoms with Crippen molar-refractivity contribution < 1.29 is 19.4 Å². The molecule has 2 N–H and O–H groups in total. The number of carbonyl (C=O) groups is 2. The fourth-order valence-corrected chi connectivity index (χ4v) is 6.60. The van der Waals surface area contributed by atoms with Crippen LogP contribution in [0.3, 0.4) is 0 Å². The Morgan fingerprint density at radius 3 is 1.95 bits per heavy atom. The lowest BCUT2D eigenvalue weighted by atomic mass is 9.83. The number of amides is 1. The highest BCUT2D eigenvalue weighted by molar-refractivity contribution is 5.93. The minimum atomic E-state index is -0.751. The second-order valence-corrected chi connectivity index (χ2v) is 14.3. The quantitative estimate of drug-likeness (QED) is 0.149. The molecular formula is C37H63NO4. The van der Waals surface area contributed by atoms with Gasteiger partial charge in [-0.1, -0.05) is 85.5 Å². The fourth-order valence-electron chi connectivity index (χ4n) is 6.60. The van der Waals surface area contributed by atoms with Gasteiger partial charge >= 0.3 is 5.97 Å². The average molecular weight is 586 g/mol. The topological polar surface area (TPSA) is 75.6 Å². The highest BCUT2D eigenvalue weighted by atomic mass is 16.5. The number of carboxylic acids is 1. The van der Waals surface area contributed by atoms with E-state index in [4.69, 9.17) is 9.84 Å². The average Bonchev–Trinajstić information content (AvgIpc) is 2.91. The van der Waals surface area contributed by atoms with E-state index in [9.17, 15) is 9.59 Å². The number of anilines is 1. The molecule has 0 radical (unpaired) electrons. The van der Waals surface area contributed by atoms with E-state index in [1.807, 2.05) is 0 Å². The van der Waals surface area contributed by atoms with Crippen LogP contribution in [-0.2, 0) is 16.0 Å². The largest absolute Gasteiger partial charge is 0.487 e. The predicted octanol–water partition coefficient (Wildman–Crippen LogP) is 10.5. The smallest absolute Gasteiger partial charge is 0.303 e. The summed E-state index contributed by atoms with van der Waals surface area (Å²) in [6.45, 7) is 18.1. The number of carbonyl (C=O) groups excluding carboxylic acids is 1. The molecule has 0 saturated heterocycles. The normalized spacial score (nSPS) is 17.9. The molecule has 2 rings (SSSR count). The molecule has 1 heterocycles. The number of fused-ring (bicyclic) bond motifs is 1. The summed E-state index contributed by atoms with van der Waals surface area (Å²) in [4.78, 5) is 23.4. The Hall–Kier alpha value is -2.04. The molecule has 0 aliphatic carbocycles. The number of hydrogen-bond donors (Lipinski definition) is 2. The van der Waals surface area contributed by atoms with Crippen LogP contribution in [0.15, 0.2) is 0 Å². The summed E-state index contributed by atoms with van der Waals surface area (Å²) < 4.78 is 6.79. The van der Waals surface area contributed by atoms with Crippen molar-refractivity contribution in [1.29, 1.82) is 0 Å². The van der Waals surface area contributed by atoms with Crippen molar-refractivity contribution in [2.24, 2.45) is 17.8 Å². The van der Waals surface area contributed by atoms with Crippen LogP contribution in [0.1, 0.15) is 160 Å². The van der Waals surface area contributed by atoms with E-state index in [1.54, 1.807) is 0 Å². The van der Waals surface area contributed by atoms with E-state index in [1.165, 1.54) is 56.9 Å². The minimum Gasteiger partial charge on any atom is -0.487 e. The van der Waals surface area contributed by atoms with Crippen LogP contribution < -0.4 is 10.1 Å².